The van der Waals surface area contributed by atoms with Crippen LogP contribution in [0.15, 0.2) is 104 Å². The standard InChI is InChI=1S/C29H29NO4S/c1-3-19-34-28(32)30-21-25(20-26(30)27(31)33-2)35-29(22-13-7-4-8-14-22,23-15-9-5-10-16-23)24-17-11-6-12-18-24/h3-18,25-26H,1,19-21H2,2H3/t25-,26-/m0/s1. The van der Waals surface area contributed by atoms with E-state index in [2.05, 4.69) is 43.0 Å². The van der Waals surface area contributed by atoms with E-state index in [0.717, 1.165) is 16.7 Å². The Bertz CT molecular complexity index is 1040. The number of esters is 1. The topological polar surface area (TPSA) is 55.8 Å². The van der Waals surface area contributed by atoms with E-state index in [0.29, 0.717) is 13.0 Å². The van der Waals surface area contributed by atoms with Crippen LogP contribution in [0, 0.1) is 0 Å². The molecular formula is C29H29NO4S. The predicted molar refractivity (Wildman–Crippen MR) is 139 cm³/mol. The van der Waals surface area contributed by atoms with Crippen molar-refractivity contribution in [1.82, 2.24) is 4.90 Å². The van der Waals surface area contributed by atoms with Gasteiger partial charge in [-0.25, -0.2) is 9.59 Å². The molecule has 1 aliphatic rings. The average molecular weight is 488 g/mol. The monoisotopic (exact) mass is 487 g/mol. The van der Waals surface area contributed by atoms with Crippen molar-refractivity contribution < 1.29 is 19.1 Å². The van der Waals surface area contributed by atoms with E-state index < -0.39 is 22.9 Å². The SMILES string of the molecule is C=CCOC(=O)N1C[C@@H](SC(c2ccccc2)(c2ccccc2)c2ccccc2)C[C@H]1C(=O)OC. The highest BCUT2D eigenvalue weighted by Crippen LogP contribution is 2.52. The first-order valence-electron chi connectivity index (χ1n) is 11.6. The zero-order valence-corrected chi connectivity index (χ0v) is 20.5. The summed E-state index contributed by atoms with van der Waals surface area (Å²) in [6, 6.07) is 30.4. The van der Waals surface area contributed by atoms with Crippen molar-refractivity contribution in [3.63, 3.8) is 0 Å². The minimum absolute atomic E-state index is 0.0454. The third-order valence-electron chi connectivity index (χ3n) is 6.18. The van der Waals surface area contributed by atoms with Gasteiger partial charge >= 0.3 is 12.1 Å². The van der Waals surface area contributed by atoms with Gasteiger partial charge in [0, 0.05) is 11.8 Å². The van der Waals surface area contributed by atoms with Crippen LogP contribution < -0.4 is 0 Å². The summed E-state index contributed by atoms with van der Waals surface area (Å²) in [6.07, 6.45) is 1.45. The molecule has 4 rings (SSSR count). The Labute approximate surface area is 210 Å². The van der Waals surface area contributed by atoms with Crippen molar-refractivity contribution in [2.45, 2.75) is 22.5 Å². The van der Waals surface area contributed by atoms with Gasteiger partial charge in [0.1, 0.15) is 12.6 Å². The molecule has 0 N–H and O–H groups in total. The molecule has 180 valence electrons. The highest BCUT2D eigenvalue weighted by atomic mass is 32.2. The van der Waals surface area contributed by atoms with Gasteiger partial charge in [0.05, 0.1) is 11.9 Å². The molecule has 1 amide bonds. The number of carbonyl (C=O) groups excluding carboxylic acids is 2. The minimum atomic E-state index is -0.699. The molecule has 1 heterocycles. The Morgan fingerprint density at radius 1 is 0.943 bits per heavy atom. The van der Waals surface area contributed by atoms with E-state index in [9.17, 15) is 9.59 Å². The van der Waals surface area contributed by atoms with E-state index in [1.54, 1.807) is 11.8 Å². The molecule has 0 aliphatic carbocycles. The fraction of sp³-hybridized carbons (Fsp3) is 0.241. The normalized spacial score (nSPS) is 17.6. The molecule has 3 aromatic carbocycles. The summed E-state index contributed by atoms with van der Waals surface area (Å²) in [7, 11) is 1.35. The summed E-state index contributed by atoms with van der Waals surface area (Å²) < 4.78 is 9.77. The quantitative estimate of drug-likeness (QED) is 0.233. The predicted octanol–water partition coefficient (Wildman–Crippen LogP) is 5.65. The van der Waals surface area contributed by atoms with Crippen molar-refractivity contribution in [3.05, 3.63) is 120 Å². The molecule has 35 heavy (non-hydrogen) atoms. The van der Waals surface area contributed by atoms with Crippen LogP contribution in [0.1, 0.15) is 23.1 Å². The Kier molecular flexibility index (Phi) is 7.93. The summed E-state index contributed by atoms with van der Waals surface area (Å²) in [6.45, 7) is 4.06. The highest BCUT2D eigenvalue weighted by Gasteiger charge is 2.46. The second kappa shape index (κ2) is 11.3. The zero-order valence-electron chi connectivity index (χ0n) is 19.7. The first-order chi connectivity index (χ1) is 17.1. The molecule has 0 aromatic heterocycles. The molecule has 1 aliphatic heterocycles. The van der Waals surface area contributed by atoms with Crippen LogP contribution in [0.5, 0.6) is 0 Å². The van der Waals surface area contributed by atoms with E-state index >= 15 is 0 Å². The molecule has 0 spiro atoms. The number of ether oxygens (including phenoxy) is 2. The van der Waals surface area contributed by atoms with Crippen molar-refractivity contribution in [2.75, 3.05) is 20.3 Å². The number of rotatable bonds is 8. The summed E-state index contributed by atoms with van der Waals surface area (Å²) in [4.78, 5) is 26.9. The van der Waals surface area contributed by atoms with Gasteiger partial charge in [0.25, 0.3) is 0 Å². The molecule has 2 atom stereocenters. The fourth-order valence-electron chi connectivity index (χ4n) is 4.63. The lowest BCUT2D eigenvalue weighted by molar-refractivity contribution is -0.145. The second-order valence-electron chi connectivity index (χ2n) is 8.31. The number of thioether (sulfide) groups is 1. The second-order valence-corrected chi connectivity index (χ2v) is 9.83. The first kappa shape index (κ1) is 24.6. The number of benzene rings is 3. The first-order valence-corrected chi connectivity index (χ1v) is 12.4. The maximum atomic E-state index is 12.8. The van der Waals surface area contributed by atoms with Crippen LogP contribution in [0.2, 0.25) is 0 Å². The lowest BCUT2D eigenvalue weighted by Crippen LogP contribution is -2.41. The molecule has 0 bridgehead atoms. The molecule has 3 aromatic rings. The molecular weight excluding hydrogens is 458 g/mol. The van der Waals surface area contributed by atoms with Crippen LogP contribution in [-0.2, 0) is 19.0 Å². The molecule has 5 nitrogen and oxygen atoms in total. The minimum Gasteiger partial charge on any atom is -0.467 e. The summed E-state index contributed by atoms with van der Waals surface area (Å²) >= 11 is 1.76. The fourth-order valence-corrected chi connectivity index (χ4v) is 6.46. The van der Waals surface area contributed by atoms with Gasteiger partial charge in [-0.05, 0) is 23.1 Å². The average Bonchev–Trinajstić information content (AvgIpc) is 3.35. The van der Waals surface area contributed by atoms with Gasteiger partial charge in [-0.2, -0.15) is 0 Å². The van der Waals surface area contributed by atoms with E-state index in [4.69, 9.17) is 9.47 Å². The van der Waals surface area contributed by atoms with Crippen molar-refractivity contribution in [2.24, 2.45) is 0 Å². The summed E-state index contributed by atoms with van der Waals surface area (Å²) in [5.74, 6) is -0.437. The van der Waals surface area contributed by atoms with Gasteiger partial charge in [-0.1, -0.05) is 104 Å². The van der Waals surface area contributed by atoms with E-state index in [-0.39, 0.29) is 11.9 Å². The van der Waals surface area contributed by atoms with E-state index in [1.165, 1.54) is 18.1 Å². The van der Waals surface area contributed by atoms with Crippen molar-refractivity contribution in [1.29, 1.82) is 0 Å². The van der Waals surface area contributed by atoms with Crippen molar-refractivity contribution in [3.8, 4) is 0 Å². The number of hydrogen-bond donors (Lipinski definition) is 0. The van der Waals surface area contributed by atoms with Crippen LogP contribution in [-0.4, -0.2) is 48.5 Å². The van der Waals surface area contributed by atoms with E-state index in [1.807, 2.05) is 54.6 Å². The third-order valence-corrected chi connectivity index (χ3v) is 7.92. The van der Waals surface area contributed by atoms with Gasteiger partial charge in [-0.15, -0.1) is 11.8 Å². The van der Waals surface area contributed by atoms with Gasteiger partial charge < -0.3 is 9.47 Å². The Hall–Kier alpha value is -3.51. The Morgan fingerprint density at radius 3 is 1.86 bits per heavy atom. The molecule has 0 saturated carbocycles. The molecule has 0 unspecified atom stereocenters. The lowest BCUT2D eigenvalue weighted by Gasteiger charge is -2.37. The lowest BCUT2D eigenvalue weighted by atomic mass is 9.84. The van der Waals surface area contributed by atoms with Crippen molar-refractivity contribution >= 4 is 23.8 Å². The number of nitrogens with zero attached hydrogens (tertiary/aromatic N) is 1. The Morgan fingerprint density at radius 2 is 1.43 bits per heavy atom. The molecule has 0 radical (unpaired) electrons. The number of likely N-dealkylation sites (tertiary alicyclic amines) is 1. The number of carbonyl (C=O) groups is 2. The van der Waals surface area contributed by atoms with Crippen LogP contribution in [0.3, 0.4) is 0 Å². The van der Waals surface area contributed by atoms with Crippen LogP contribution in [0.4, 0.5) is 4.79 Å². The molecule has 6 heteroatoms. The van der Waals surface area contributed by atoms with Crippen LogP contribution in [0.25, 0.3) is 0 Å². The summed E-state index contributed by atoms with van der Waals surface area (Å²) in [5.41, 5.74) is 3.39. The van der Waals surface area contributed by atoms with Gasteiger partial charge in [0.2, 0.25) is 0 Å². The van der Waals surface area contributed by atoms with Crippen LogP contribution >= 0.6 is 11.8 Å². The number of amides is 1. The smallest absolute Gasteiger partial charge is 0.410 e. The zero-order chi connectivity index (χ0) is 24.7. The maximum absolute atomic E-state index is 12.8. The Balaban J connectivity index is 1.79. The molecule has 1 saturated heterocycles. The number of methoxy groups -OCH3 is 1. The third kappa shape index (κ3) is 5.13. The molecule has 1 fully saturated rings. The summed E-state index contributed by atoms with van der Waals surface area (Å²) in [5, 5.41) is -0.0454. The largest absolute Gasteiger partial charge is 0.467 e. The van der Waals surface area contributed by atoms with Gasteiger partial charge in [0.15, 0.2) is 0 Å². The number of hydrogen-bond acceptors (Lipinski definition) is 5. The maximum Gasteiger partial charge on any atom is 0.410 e. The van der Waals surface area contributed by atoms with Gasteiger partial charge in [-0.3, -0.25) is 4.90 Å². The highest BCUT2D eigenvalue weighted by molar-refractivity contribution is 8.01.